The summed E-state index contributed by atoms with van der Waals surface area (Å²) in [6.07, 6.45) is 6.54. The van der Waals surface area contributed by atoms with Crippen LogP contribution >= 0.6 is 15.6 Å². The van der Waals surface area contributed by atoms with Gasteiger partial charge in [0.1, 0.15) is 0 Å². The minimum atomic E-state index is -5.14. The first-order valence-electron chi connectivity index (χ1n) is 9.98. The van der Waals surface area contributed by atoms with E-state index >= 15 is 0 Å². The van der Waals surface area contributed by atoms with Crippen LogP contribution in [-0.2, 0) is 18.2 Å². The Labute approximate surface area is 305 Å². The third-order valence-corrected chi connectivity index (χ3v) is 4.95. The topological polar surface area (TPSA) is 200 Å². The Morgan fingerprint density at radius 3 is 1.24 bits per heavy atom. The maximum atomic E-state index is 11.8. The van der Waals surface area contributed by atoms with E-state index in [2.05, 4.69) is 27.7 Å². The molecule has 0 aliphatic carbocycles. The van der Waals surface area contributed by atoms with Gasteiger partial charge in [0.2, 0.25) is 0 Å². The summed E-state index contributed by atoms with van der Waals surface area (Å²) >= 11 is 0. The number of unbranched alkanes of at least 4 members (excludes halogenated alkanes) is 2. The van der Waals surface area contributed by atoms with Crippen molar-refractivity contribution in [2.75, 3.05) is 13.2 Å². The van der Waals surface area contributed by atoms with Crippen molar-refractivity contribution < 1.29 is 185 Å². The zero-order valence-electron chi connectivity index (χ0n) is 21.2. The third kappa shape index (κ3) is 52.9. The first-order valence-corrected chi connectivity index (χ1v) is 12.9. The SMILES string of the molecule is CCCCC(CC)COP(=O)([O-])OCC(CC)CCCC.O=C(O)O.O=P([O-])([O-])O.[K+].[K+].[Na+]. The molecule has 0 aromatic rings. The van der Waals surface area contributed by atoms with Gasteiger partial charge in [0.05, 0.1) is 21.0 Å². The van der Waals surface area contributed by atoms with E-state index in [0.29, 0.717) is 11.8 Å². The number of hydrogen-bond acceptors (Lipinski definition) is 8. The van der Waals surface area contributed by atoms with Crippen molar-refractivity contribution in [3.8, 4) is 0 Å². The molecule has 3 N–H and O–H groups in total. The molecule has 2 atom stereocenters. The maximum Gasteiger partial charge on any atom is 1.00 e. The van der Waals surface area contributed by atoms with Gasteiger partial charge in [-0.25, -0.2) is 4.79 Å². The van der Waals surface area contributed by atoms with Crippen LogP contribution in [0.3, 0.4) is 0 Å². The molecule has 0 radical (unpaired) electrons. The minimum Gasteiger partial charge on any atom is -0.790 e. The second-order valence-corrected chi connectivity index (χ2v) is 8.97. The van der Waals surface area contributed by atoms with Crippen molar-refractivity contribution in [3.05, 3.63) is 0 Å². The minimum absolute atomic E-state index is 0. The molecule has 184 valence electrons. The summed E-state index contributed by atoms with van der Waals surface area (Å²) < 4.78 is 30.6. The fourth-order valence-corrected chi connectivity index (χ4v) is 3.09. The first kappa shape index (κ1) is 49.7. The second kappa shape index (κ2) is 32.0. The third-order valence-electron chi connectivity index (χ3n) is 4.02. The number of phosphoric acid groups is 2. The smallest absolute Gasteiger partial charge is 0.790 e. The van der Waals surface area contributed by atoms with Crippen molar-refractivity contribution in [3.63, 3.8) is 0 Å². The number of phosphoric ester groups is 1. The van der Waals surface area contributed by atoms with Crippen LogP contribution in [0.5, 0.6) is 0 Å². The van der Waals surface area contributed by atoms with Crippen molar-refractivity contribution in [2.24, 2.45) is 11.8 Å². The van der Waals surface area contributed by atoms with Gasteiger partial charge < -0.3 is 43.4 Å². The van der Waals surface area contributed by atoms with E-state index in [1.54, 1.807) is 0 Å². The molecule has 11 nitrogen and oxygen atoms in total. The van der Waals surface area contributed by atoms with Crippen LogP contribution in [-0.4, -0.2) is 34.5 Å². The number of rotatable bonds is 14. The van der Waals surface area contributed by atoms with Gasteiger partial charge in [0.25, 0.3) is 7.82 Å². The Balaban J connectivity index is -0.000000129. The summed E-state index contributed by atoms with van der Waals surface area (Å²) in [5.41, 5.74) is 0. The molecule has 0 saturated carbocycles. The predicted molar refractivity (Wildman–Crippen MR) is 107 cm³/mol. The van der Waals surface area contributed by atoms with Crippen LogP contribution in [0.25, 0.3) is 0 Å². The molecule has 16 heteroatoms. The Hall–Kier alpha value is 3.76. The van der Waals surface area contributed by atoms with Crippen LogP contribution < -0.4 is 147 Å². The Kier molecular flexibility index (Phi) is 48.1. The fraction of sp³-hybridized carbons (Fsp3) is 0.941. The van der Waals surface area contributed by atoms with Crippen LogP contribution in [0.4, 0.5) is 4.79 Å². The van der Waals surface area contributed by atoms with Gasteiger partial charge in [-0.15, -0.1) is 0 Å². The van der Waals surface area contributed by atoms with Crippen molar-refractivity contribution >= 4 is 21.8 Å². The predicted octanol–water partition coefficient (Wildman–Crippen LogP) is -6.04. The summed E-state index contributed by atoms with van der Waals surface area (Å²) in [5.74, 6) is 0.607. The molecule has 0 heterocycles. The molecule has 2 unspecified atom stereocenters. The molecule has 0 aromatic heterocycles. The van der Waals surface area contributed by atoms with Crippen molar-refractivity contribution in [2.45, 2.75) is 79.1 Å². The van der Waals surface area contributed by atoms with Crippen molar-refractivity contribution in [1.82, 2.24) is 0 Å². The maximum absolute atomic E-state index is 11.8. The monoisotopic (exact) mass is 580 g/mol. The summed E-state index contributed by atoms with van der Waals surface area (Å²) in [7, 11) is -9.28. The van der Waals surface area contributed by atoms with Gasteiger partial charge in [-0.05, 0) is 24.7 Å². The molecular formula is C17H37K2NaO11P2. The number of carboxylic acid groups (broad SMARTS) is 2. The van der Waals surface area contributed by atoms with E-state index in [9.17, 15) is 9.46 Å². The summed E-state index contributed by atoms with van der Waals surface area (Å²) in [6.45, 7) is 8.91. The largest absolute Gasteiger partial charge is 1.00 e. The summed E-state index contributed by atoms with van der Waals surface area (Å²) in [4.78, 5) is 44.6. The summed E-state index contributed by atoms with van der Waals surface area (Å²) in [6, 6.07) is 0. The van der Waals surface area contributed by atoms with E-state index < -0.39 is 21.8 Å². The molecule has 0 spiro atoms. The van der Waals surface area contributed by atoms with Crippen LogP contribution in [0.15, 0.2) is 0 Å². The Morgan fingerprint density at radius 2 is 1.06 bits per heavy atom. The molecule has 0 aliphatic rings. The zero-order chi connectivity index (χ0) is 24.2. The fourth-order valence-electron chi connectivity index (χ4n) is 2.23. The number of carbonyl (C=O) groups is 1. The van der Waals surface area contributed by atoms with Gasteiger partial charge in [-0.3, -0.25) is 4.57 Å². The normalized spacial score (nSPS) is 13.6. The van der Waals surface area contributed by atoms with Gasteiger partial charge in [-0.1, -0.05) is 66.2 Å². The van der Waals surface area contributed by atoms with E-state index in [0.717, 1.165) is 51.4 Å². The molecule has 0 rings (SSSR count). The average Bonchev–Trinajstić information content (AvgIpc) is 2.60. The zero-order valence-corrected chi connectivity index (χ0v) is 31.3. The average molecular weight is 581 g/mol. The molecule has 0 bridgehead atoms. The molecule has 0 saturated heterocycles. The molecule has 0 amide bonds. The number of hydrogen-bond donors (Lipinski definition) is 3. The molecule has 33 heavy (non-hydrogen) atoms. The van der Waals surface area contributed by atoms with E-state index in [1.165, 1.54) is 0 Å². The van der Waals surface area contributed by atoms with Crippen LogP contribution in [0.1, 0.15) is 79.1 Å². The standard InChI is InChI=1S/C16H35O4P.CH2O3.2K.Na.H3O4P/c1-5-9-11-15(7-3)13-19-21(17,18)20-14-16(8-4)12-10-6-2;2-1(3)4;;;;1-5(2,3)4/h15-16H,5-14H2,1-4H3,(H,17,18);(H2,2,3,4);;;;(H3,1,2,3,4)/q;;3*+1;/p-3. The molecule has 0 aromatic carbocycles. The van der Waals surface area contributed by atoms with E-state index in [-0.39, 0.29) is 146 Å². The van der Waals surface area contributed by atoms with Crippen LogP contribution in [0, 0.1) is 11.8 Å². The van der Waals surface area contributed by atoms with Gasteiger partial charge in [-0.2, -0.15) is 0 Å². The van der Waals surface area contributed by atoms with Crippen LogP contribution in [0.2, 0.25) is 0 Å². The Bertz CT molecular complexity index is 477. The van der Waals surface area contributed by atoms with Gasteiger partial charge >= 0.3 is 138 Å². The molecule has 0 fully saturated rings. The second-order valence-electron chi connectivity index (χ2n) is 6.62. The molecule has 0 aliphatic heterocycles. The van der Waals surface area contributed by atoms with E-state index in [1.807, 2.05) is 0 Å². The quantitative estimate of drug-likeness (QED) is 0.130. The summed E-state index contributed by atoms with van der Waals surface area (Å²) in [5, 5.41) is 13.9. The Morgan fingerprint density at radius 1 is 0.818 bits per heavy atom. The van der Waals surface area contributed by atoms with E-state index in [4.69, 9.17) is 43.3 Å². The first-order chi connectivity index (χ1) is 13.7. The van der Waals surface area contributed by atoms with Crippen molar-refractivity contribution in [1.29, 1.82) is 0 Å². The van der Waals surface area contributed by atoms with Gasteiger partial charge in [0, 0.05) is 0 Å². The molecular weight excluding hydrogens is 543 g/mol. The van der Waals surface area contributed by atoms with Gasteiger partial charge in [0.15, 0.2) is 0 Å².